The predicted octanol–water partition coefficient (Wildman–Crippen LogP) is 0.307. The number of hydrogen-bond donors (Lipinski definition) is 2. The molecule has 0 aliphatic heterocycles. The molecule has 0 radical (unpaired) electrons. The van der Waals surface area contributed by atoms with Crippen molar-refractivity contribution in [3.05, 3.63) is 12.7 Å². The Hall–Kier alpha value is -0.0700. The van der Waals surface area contributed by atoms with E-state index in [1.807, 2.05) is 4.72 Å². The van der Waals surface area contributed by atoms with Crippen LogP contribution in [0.5, 0.6) is 0 Å². The van der Waals surface area contributed by atoms with Crippen LogP contribution in [0.3, 0.4) is 0 Å². The molecule has 0 saturated heterocycles. The summed E-state index contributed by atoms with van der Waals surface area (Å²) < 4.78 is 23.4. The van der Waals surface area contributed by atoms with Gasteiger partial charge in [0.15, 0.2) is 0 Å². The maximum atomic E-state index is 10.7. The van der Waals surface area contributed by atoms with Gasteiger partial charge in [-0.15, -0.1) is 19.2 Å². The number of hydrogen-bond acceptors (Lipinski definition) is 3. The summed E-state index contributed by atoms with van der Waals surface area (Å²) in [6, 6.07) is 0. The van der Waals surface area contributed by atoms with Crippen molar-refractivity contribution in [2.45, 2.75) is 0 Å². The molecule has 0 saturated carbocycles. The highest BCUT2D eigenvalue weighted by molar-refractivity contribution is 8.12. The molecule has 3 nitrogen and oxygen atoms in total. The number of nitrogens with one attached hydrogen (secondary N) is 1. The maximum absolute atomic E-state index is 10.7. The van der Waals surface area contributed by atoms with Gasteiger partial charge in [0, 0.05) is 0 Å². The Labute approximate surface area is 71.0 Å². The Balaban J connectivity index is 4.14. The van der Waals surface area contributed by atoms with Gasteiger partial charge in [0.2, 0.25) is 10.0 Å². The van der Waals surface area contributed by atoms with Crippen LogP contribution in [-0.2, 0) is 10.0 Å². The molecule has 0 aromatic carbocycles. The fourth-order valence-electron chi connectivity index (χ4n) is 0.330. The normalized spacial score (nSPS) is 10.5. The van der Waals surface area contributed by atoms with Crippen molar-refractivity contribution in [1.82, 2.24) is 4.72 Å². The summed E-state index contributed by atoms with van der Waals surface area (Å²) in [5, 5.41) is 0. The van der Waals surface area contributed by atoms with Crippen LogP contribution in [0, 0.1) is 0 Å². The van der Waals surface area contributed by atoms with Gasteiger partial charge in [0.25, 0.3) is 0 Å². The molecule has 0 aromatic heterocycles. The van der Waals surface area contributed by atoms with Gasteiger partial charge in [0.1, 0.15) is 4.32 Å². The first-order valence-electron chi connectivity index (χ1n) is 2.32. The third-order valence-corrected chi connectivity index (χ3v) is 2.26. The molecule has 10 heavy (non-hydrogen) atoms. The summed E-state index contributed by atoms with van der Waals surface area (Å²) in [4.78, 5) is 0. The lowest BCUT2D eigenvalue weighted by Gasteiger charge is -2.00. The second-order valence-electron chi connectivity index (χ2n) is 1.48. The summed E-state index contributed by atoms with van der Waals surface area (Å²) >= 11 is 7.99. The monoisotopic (exact) mass is 197 g/mol. The van der Waals surface area contributed by atoms with Gasteiger partial charge in [0.05, 0.1) is 5.75 Å². The van der Waals surface area contributed by atoms with Crippen LogP contribution < -0.4 is 4.72 Å². The van der Waals surface area contributed by atoms with Gasteiger partial charge < -0.3 is 0 Å². The first-order chi connectivity index (χ1) is 4.48. The lowest BCUT2D eigenvalue weighted by atomic mass is 10.8. The molecule has 0 unspecified atom stereocenters. The van der Waals surface area contributed by atoms with E-state index in [0.717, 1.165) is 0 Å². The molecule has 1 N–H and O–H groups in total. The van der Waals surface area contributed by atoms with Crippen molar-refractivity contribution in [3.8, 4) is 0 Å². The SMILES string of the molecule is C=CCS(=O)(=O)NC(=S)S. The highest BCUT2D eigenvalue weighted by atomic mass is 32.2. The van der Waals surface area contributed by atoms with Crippen LogP contribution >= 0.6 is 24.8 Å². The van der Waals surface area contributed by atoms with Crippen LogP contribution in [0.1, 0.15) is 0 Å². The average molecular weight is 197 g/mol. The summed E-state index contributed by atoms with van der Waals surface area (Å²) in [5.41, 5.74) is 0. The third-order valence-electron chi connectivity index (χ3n) is 0.580. The summed E-state index contributed by atoms with van der Waals surface area (Å²) in [6.45, 7) is 3.27. The highest BCUT2D eigenvalue weighted by Gasteiger charge is 2.05. The molecule has 6 heteroatoms. The van der Waals surface area contributed by atoms with Crippen molar-refractivity contribution in [2.75, 3.05) is 5.75 Å². The zero-order chi connectivity index (χ0) is 8.20. The Bertz CT molecular complexity index is 231. The number of thiocarbonyl (C=S) groups is 1. The largest absolute Gasteiger partial charge is 0.268 e. The van der Waals surface area contributed by atoms with E-state index in [1.165, 1.54) is 6.08 Å². The summed E-state index contributed by atoms with van der Waals surface area (Å²) in [6.07, 6.45) is 1.27. The van der Waals surface area contributed by atoms with Crippen LogP contribution in [0.15, 0.2) is 12.7 Å². The lowest BCUT2D eigenvalue weighted by molar-refractivity contribution is 0.596. The topological polar surface area (TPSA) is 46.2 Å². The average Bonchev–Trinajstić information content (AvgIpc) is 1.59. The minimum atomic E-state index is -3.32. The molecule has 58 valence electrons. The van der Waals surface area contributed by atoms with Crippen molar-refractivity contribution in [3.63, 3.8) is 0 Å². The van der Waals surface area contributed by atoms with Crippen LogP contribution in [0.4, 0.5) is 0 Å². The zero-order valence-electron chi connectivity index (χ0n) is 5.07. The molecule has 0 heterocycles. The highest BCUT2D eigenvalue weighted by Crippen LogP contribution is 1.87. The standard InChI is InChI=1S/C4H7NO2S3/c1-2-3-10(6,7)5-4(8)9/h2H,1,3H2,(H2,5,8,9). The van der Waals surface area contributed by atoms with Crippen molar-refractivity contribution in [1.29, 1.82) is 0 Å². The van der Waals surface area contributed by atoms with E-state index in [0.29, 0.717) is 0 Å². The maximum Gasteiger partial charge on any atom is 0.237 e. The molecule has 0 atom stereocenters. The minimum Gasteiger partial charge on any atom is -0.268 e. The van der Waals surface area contributed by atoms with E-state index in [-0.39, 0.29) is 10.1 Å². The van der Waals surface area contributed by atoms with Crippen LogP contribution in [-0.4, -0.2) is 18.5 Å². The second kappa shape index (κ2) is 3.95. The Kier molecular flexibility index (Phi) is 3.92. The molecule has 0 amide bonds. The zero-order valence-corrected chi connectivity index (χ0v) is 7.60. The van der Waals surface area contributed by atoms with Gasteiger partial charge >= 0.3 is 0 Å². The van der Waals surface area contributed by atoms with E-state index in [4.69, 9.17) is 0 Å². The van der Waals surface area contributed by atoms with Crippen molar-refractivity contribution in [2.24, 2.45) is 0 Å². The molecule has 0 spiro atoms. The number of rotatable bonds is 3. The van der Waals surface area contributed by atoms with Crippen molar-refractivity contribution >= 4 is 39.2 Å². The fourth-order valence-corrected chi connectivity index (χ4v) is 1.79. The molecule has 0 fully saturated rings. The fraction of sp³-hybridized carbons (Fsp3) is 0.250. The first kappa shape index (κ1) is 9.93. The molecule has 0 bridgehead atoms. The second-order valence-corrected chi connectivity index (χ2v) is 4.40. The van der Waals surface area contributed by atoms with E-state index in [9.17, 15) is 8.42 Å². The lowest BCUT2D eigenvalue weighted by Crippen LogP contribution is -2.27. The van der Waals surface area contributed by atoms with E-state index in [1.54, 1.807) is 0 Å². The van der Waals surface area contributed by atoms with E-state index in [2.05, 4.69) is 31.4 Å². The van der Waals surface area contributed by atoms with Gasteiger partial charge in [-0.2, -0.15) is 0 Å². The smallest absolute Gasteiger partial charge is 0.237 e. The Morgan fingerprint density at radius 3 is 2.60 bits per heavy atom. The molecular formula is C4H7NO2S3. The number of thiol groups is 1. The van der Waals surface area contributed by atoms with Gasteiger partial charge in [-0.1, -0.05) is 18.3 Å². The van der Waals surface area contributed by atoms with Crippen molar-refractivity contribution < 1.29 is 8.42 Å². The Morgan fingerprint density at radius 1 is 1.80 bits per heavy atom. The van der Waals surface area contributed by atoms with Gasteiger partial charge in [-0.3, -0.25) is 4.72 Å². The Morgan fingerprint density at radius 2 is 2.30 bits per heavy atom. The third kappa shape index (κ3) is 4.78. The number of sulfonamides is 1. The molecule has 0 aliphatic carbocycles. The first-order valence-corrected chi connectivity index (χ1v) is 4.83. The summed E-state index contributed by atoms with van der Waals surface area (Å²) in [5.74, 6) is -0.145. The van der Waals surface area contributed by atoms with Gasteiger partial charge in [-0.25, -0.2) is 8.42 Å². The van der Waals surface area contributed by atoms with E-state index < -0.39 is 10.0 Å². The van der Waals surface area contributed by atoms with Crippen LogP contribution in [0.25, 0.3) is 0 Å². The molecule has 0 aromatic rings. The molecule has 0 rings (SSSR count). The molecule has 0 aliphatic rings. The quantitative estimate of drug-likeness (QED) is 0.389. The van der Waals surface area contributed by atoms with E-state index >= 15 is 0 Å². The van der Waals surface area contributed by atoms with Crippen LogP contribution in [0.2, 0.25) is 0 Å². The predicted molar refractivity (Wildman–Crippen MR) is 48.7 cm³/mol. The summed E-state index contributed by atoms with van der Waals surface area (Å²) in [7, 11) is -3.32. The minimum absolute atomic E-state index is 0.0538. The molecular weight excluding hydrogens is 190 g/mol. The van der Waals surface area contributed by atoms with Gasteiger partial charge in [-0.05, 0) is 0 Å².